The zero-order valence-electron chi connectivity index (χ0n) is 5.04. The standard InChI is InChI=1S/C2H4F2O4S.Na/c3-2(4,1-5)9(6,7)8;/h5H,1H2,(H,6,7,8);/q;+1/p-1. The molecule has 0 radical (unpaired) electrons. The fourth-order valence-corrected chi connectivity index (χ4v) is 0.237. The molecule has 0 bridgehead atoms. The van der Waals surface area contributed by atoms with E-state index in [1.165, 1.54) is 0 Å². The molecule has 0 aliphatic rings. The molecular weight excluding hydrogens is 181 g/mol. The van der Waals surface area contributed by atoms with Crippen LogP contribution >= 0.6 is 0 Å². The fraction of sp³-hybridized carbons (Fsp3) is 1.00. The molecular formula is C2H3F2NaO4S. The third kappa shape index (κ3) is 3.22. The van der Waals surface area contributed by atoms with Gasteiger partial charge in [-0.3, -0.25) is 0 Å². The van der Waals surface area contributed by atoms with Crippen molar-refractivity contribution in [2.24, 2.45) is 0 Å². The van der Waals surface area contributed by atoms with Crippen LogP contribution in [0.3, 0.4) is 0 Å². The van der Waals surface area contributed by atoms with Crippen LogP contribution in [-0.2, 0) is 10.1 Å². The van der Waals surface area contributed by atoms with Gasteiger partial charge in [0.05, 0.1) is 0 Å². The number of alkyl halides is 2. The van der Waals surface area contributed by atoms with Crippen LogP contribution in [0.4, 0.5) is 8.78 Å². The molecule has 8 heteroatoms. The Balaban J connectivity index is 0. The topological polar surface area (TPSA) is 77.4 Å². The van der Waals surface area contributed by atoms with Gasteiger partial charge in [0.15, 0.2) is 10.1 Å². The van der Waals surface area contributed by atoms with Crippen molar-refractivity contribution in [1.29, 1.82) is 0 Å². The Labute approximate surface area is 78.3 Å². The third-order valence-electron chi connectivity index (χ3n) is 0.550. The molecule has 1 N–H and O–H groups in total. The summed E-state index contributed by atoms with van der Waals surface area (Å²) in [6, 6.07) is 0. The summed E-state index contributed by atoms with van der Waals surface area (Å²) in [5, 5.41) is 3.05. The second-order valence-corrected chi connectivity index (χ2v) is 2.76. The van der Waals surface area contributed by atoms with Crippen molar-refractivity contribution in [2.45, 2.75) is 5.25 Å². The van der Waals surface area contributed by atoms with E-state index in [0.29, 0.717) is 0 Å². The molecule has 0 aliphatic carbocycles. The summed E-state index contributed by atoms with van der Waals surface area (Å²) in [5.41, 5.74) is 0. The van der Waals surface area contributed by atoms with Crippen molar-refractivity contribution in [3.8, 4) is 0 Å². The van der Waals surface area contributed by atoms with Gasteiger partial charge in [-0.25, -0.2) is 8.42 Å². The van der Waals surface area contributed by atoms with E-state index < -0.39 is 22.0 Å². The molecule has 56 valence electrons. The first-order valence-corrected chi connectivity index (χ1v) is 3.16. The van der Waals surface area contributed by atoms with E-state index in [-0.39, 0.29) is 29.6 Å². The summed E-state index contributed by atoms with van der Waals surface area (Å²) in [5.74, 6) is 0. The first-order chi connectivity index (χ1) is 3.81. The van der Waals surface area contributed by atoms with Gasteiger partial charge in [-0.05, 0) is 0 Å². The van der Waals surface area contributed by atoms with Gasteiger partial charge in [0.1, 0.15) is 6.61 Å². The maximum Gasteiger partial charge on any atom is 1.00 e. The Kier molecular flexibility index (Phi) is 5.24. The average molecular weight is 184 g/mol. The van der Waals surface area contributed by atoms with Crippen molar-refractivity contribution in [1.82, 2.24) is 0 Å². The minimum atomic E-state index is -5.69. The van der Waals surface area contributed by atoms with Crippen LogP contribution < -0.4 is 29.6 Å². The normalized spacial score (nSPS) is 12.4. The van der Waals surface area contributed by atoms with Crippen molar-refractivity contribution >= 4 is 10.1 Å². The first-order valence-electron chi connectivity index (χ1n) is 1.75. The van der Waals surface area contributed by atoms with Crippen LogP contribution in [0.2, 0.25) is 0 Å². The zero-order chi connectivity index (χ0) is 7.71. The number of hydrogen-bond acceptors (Lipinski definition) is 4. The molecule has 0 fully saturated rings. The summed E-state index contributed by atoms with van der Waals surface area (Å²) >= 11 is 0. The largest absolute Gasteiger partial charge is 1.00 e. The van der Waals surface area contributed by atoms with E-state index in [1.54, 1.807) is 0 Å². The van der Waals surface area contributed by atoms with Gasteiger partial charge >= 0.3 is 34.8 Å². The SMILES string of the molecule is O=S(=O)([O-])C(F)(F)CO.[Na+]. The molecule has 0 saturated heterocycles. The molecule has 0 amide bonds. The second kappa shape index (κ2) is 3.93. The smallest absolute Gasteiger partial charge is 0.743 e. The van der Waals surface area contributed by atoms with Gasteiger partial charge < -0.3 is 9.66 Å². The van der Waals surface area contributed by atoms with Gasteiger partial charge in [0, 0.05) is 0 Å². The fourth-order valence-electron chi connectivity index (χ4n) is 0.0791. The maximum atomic E-state index is 11.5. The van der Waals surface area contributed by atoms with Crippen LogP contribution in [0.25, 0.3) is 0 Å². The molecule has 0 aromatic rings. The van der Waals surface area contributed by atoms with Crippen LogP contribution in [0, 0.1) is 0 Å². The summed E-state index contributed by atoms with van der Waals surface area (Å²) in [6.45, 7) is -1.97. The molecule has 0 aromatic heterocycles. The minimum absolute atomic E-state index is 0. The molecule has 0 saturated carbocycles. The molecule has 0 heterocycles. The van der Waals surface area contributed by atoms with Gasteiger partial charge in [0.2, 0.25) is 0 Å². The molecule has 0 rings (SSSR count). The second-order valence-electron chi connectivity index (χ2n) is 1.25. The van der Waals surface area contributed by atoms with Crippen molar-refractivity contribution < 1.29 is 56.4 Å². The van der Waals surface area contributed by atoms with Gasteiger partial charge in [-0.1, -0.05) is 0 Å². The van der Waals surface area contributed by atoms with Gasteiger partial charge in [-0.15, -0.1) is 0 Å². The maximum absolute atomic E-state index is 11.5. The molecule has 0 spiro atoms. The Morgan fingerprint density at radius 1 is 1.50 bits per heavy atom. The molecule has 0 aliphatic heterocycles. The summed E-state index contributed by atoms with van der Waals surface area (Å²) in [7, 11) is -5.69. The molecule has 10 heavy (non-hydrogen) atoms. The Morgan fingerprint density at radius 2 is 1.80 bits per heavy atom. The summed E-state index contributed by atoms with van der Waals surface area (Å²) in [4.78, 5) is 0. The number of aliphatic hydroxyl groups is 1. The predicted octanol–water partition coefficient (Wildman–Crippen LogP) is -3.88. The van der Waals surface area contributed by atoms with Crippen LogP contribution in [0.15, 0.2) is 0 Å². The molecule has 0 unspecified atom stereocenters. The summed E-state index contributed by atoms with van der Waals surface area (Å²) < 4.78 is 51.3. The Bertz CT molecular complexity index is 187. The minimum Gasteiger partial charge on any atom is -0.743 e. The number of halogens is 2. The predicted molar refractivity (Wildman–Crippen MR) is 21.7 cm³/mol. The quantitative estimate of drug-likeness (QED) is 0.351. The molecule has 0 aromatic carbocycles. The van der Waals surface area contributed by atoms with Crippen LogP contribution in [-0.4, -0.2) is 29.9 Å². The van der Waals surface area contributed by atoms with E-state index in [4.69, 9.17) is 5.11 Å². The van der Waals surface area contributed by atoms with Crippen molar-refractivity contribution in [2.75, 3.05) is 6.61 Å². The molecule has 0 atom stereocenters. The van der Waals surface area contributed by atoms with Gasteiger partial charge in [-0.2, -0.15) is 8.78 Å². The zero-order valence-corrected chi connectivity index (χ0v) is 7.86. The Morgan fingerprint density at radius 3 is 1.80 bits per heavy atom. The van der Waals surface area contributed by atoms with Crippen LogP contribution in [0.1, 0.15) is 0 Å². The van der Waals surface area contributed by atoms with E-state index in [0.717, 1.165) is 0 Å². The number of hydrogen-bond donors (Lipinski definition) is 1. The van der Waals surface area contributed by atoms with E-state index in [1.807, 2.05) is 0 Å². The molecule has 4 nitrogen and oxygen atoms in total. The Hall–Kier alpha value is 0.730. The van der Waals surface area contributed by atoms with E-state index in [2.05, 4.69) is 0 Å². The van der Waals surface area contributed by atoms with E-state index >= 15 is 0 Å². The van der Waals surface area contributed by atoms with Crippen LogP contribution in [0.5, 0.6) is 0 Å². The number of aliphatic hydroxyl groups excluding tert-OH is 1. The van der Waals surface area contributed by atoms with E-state index in [9.17, 15) is 21.8 Å². The third-order valence-corrected chi connectivity index (χ3v) is 1.41. The van der Waals surface area contributed by atoms with Crippen molar-refractivity contribution in [3.63, 3.8) is 0 Å². The summed E-state index contributed by atoms with van der Waals surface area (Å²) in [6.07, 6.45) is 0. The van der Waals surface area contributed by atoms with Crippen molar-refractivity contribution in [3.05, 3.63) is 0 Å². The number of rotatable bonds is 2. The van der Waals surface area contributed by atoms with Gasteiger partial charge in [0.25, 0.3) is 0 Å². The first kappa shape index (κ1) is 13.3. The monoisotopic (exact) mass is 184 g/mol. The average Bonchev–Trinajstić information content (AvgIpc) is 1.64.